The van der Waals surface area contributed by atoms with Crippen LogP contribution in [-0.4, -0.2) is 16.1 Å². The normalized spacial score (nSPS) is 14.1. The monoisotopic (exact) mass is 320 g/mol. The molecule has 0 aliphatic carbocycles. The smallest absolute Gasteiger partial charge is 0.0940 e. The van der Waals surface area contributed by atoms with E-state index in [9.17, 15) is 5.11 Å². The van der Waals surface area contributed by atoms with E-state index in [2.05, 4.69) is 26.2 Å². The van der Waals surface area contributed by atoms with Crippen molar-refractivity contribution in [1.29, 1.82) is 0 Å². The molecule has 19 heavy (non-hydrogen) atoms. The summed E-state index contributed by atoms with van der Waals surface area (Å²) in [4.78, 5) is 4.24. The summed E-state index contributed by atoms with van der Waals surface area (Å²) in [7, 11) is 0. The van der Waals surface area contributed by atoms with Gasteiger partial charge in [0.25, 0.3) is 0 Å². The average Bonchev–Trinajstić information content (AvgIpc) is 2.46. The second kappa shape index (κ2) is 6.80. The van der Waals surface area contributed by atoms with Crippen LogP contribution in [0.15, 0.2) is 53.1 Å². The second-order valence-electron chi connectivity index (χ2n) is 4.49. The van der Waals surface area contributed by atoms with Crippen LogP contribution in [0, 0.1) is 0 Å². The lowest BCUT2D eigenvalue weighted by Crippen LogP contribution is -2.31. The predicted molar refractivity (Wildman–Crippen MR) is 79.6 cm³/mol. The van der Waals surface area contributed by atoms with E-state index in [1.54, 1.807) is 6.20 Å². The first-order chi connectivity index (χ1) is 9.16. The van der Waals surface area contributed by atoms with Crippen molar-refractivity contribution in [3.8, 4) is 0 Å². The van der Waals surface area contributed by atoms with Crippen LogP contribution in [0.4, 0.5) is 0 Å². The van der Waals surface area contributed by atoms with Gasteiger partial charge >= 0.3 is 0 Å². The summed E-state index contributed by atoms with van der Waals surface area (Å²) in [6.45, 7) is 2.62. The molecular formula is C15H17BrN2O. The van der Waals surface area contributed by atoms with Crippen LogP contribution in [0.25, 0.3) is 0 Å². The highest BCUT2D eigenvalue weighted by molar-refractivity contribution is 9.10. The van der Waals surface area contributed by atoms with E-state index in [-0.39, 0.29) is 6.04 Å². The lowest BCUT2D eigenvalue weighted by Gasteiger charge is -2.20. The van der Waals surface area contributed by atoms with E-state index in [4.69, 9.17) is 0 Å². The first-order valence-corrected chi connectivity index (χ1v) is 7.03. The zero-order valence-electron chi connectivity index (χ0n) is 10.8. The van der Waals surface area contributed by atoms with Crippen LogP contribution in [0.5, 0.6) is 0 Å². The standard InChI is InChI=1S/C15H17BrN2O/c1-11(18-10-14-4-2-3-9-17-14)15(19)12-5-7-13(16)8-6-12/h2-9,11,15,18-19H,10H2,1H3. The van der Waals surface area contributed by atoms with Gasteiger partial charge < -0.3 is 10.4 Å². The van der Waals surface area contributed by atoms with E-state index >= 15 is 0 Å². The molecule has 0 aliphatic heterocycles. The average molecular weight is 321 g/mol. The van der Waals surface area contributed by atoms with Gasteiger partial charge in [0.2, 0.25) is 0 Å². The minimum absolute atomic E-state index is 0.0387. The van der Waals surface area contributed by atoms with E-state index in [1.165, 1.54) is 0 Å². The third-order valence-corrected chi connectivity index (χ3v) is 3.55. The highest BCUT2D eigenvalue weighted by Gasteiger charge is 2.15. The van der Waals surface area contributed by atoms with Gasteiger partial charge in [0.05, 0.1) is 11.8 Å². The number of rotatable bonds is 5. The Morgan fingerprint density at radius 1 is 1.21 bits per heavy atom. The SMILES string of the molecule is CC(NCc1ccccn1)C(O)c1ccc(Br)cc1. The topological polar surface area (TPSA) is 45.2 Å². The molecule has 2 atom stereocenters. The van der Waals surface area contributed by atoms with Crippen molar-refractivity contribution in [3.05, 3.63) is 64.4 Å². The van der Waals surface area contributed by atoms with Gasteiger partial charge in [0, 0.05) is 23.3 Å². The lowest BCUT2D eigenvalue weighted by atomic mass is 10.0. The molecule has 2 aromatic rings. The number of hydrogen-bond donors (Lipinski definition) is 2. The number of aromatic nitrogens is 1. The van der Waals surface area contributed by atoms with Crippen LogP contribution < -0.4 is 5.32 Å². The summed E-state index contributed by atoms with van der Waals surface area (Å²) < 4.78 is 1.01. The van der Waals surface area contributed by atoms with E-state index in [1.807, 2.05) is 49.4 Å². The molecule has 0 aliphatic rings. The first kappa shape index (κ1) is 14.2. The van der Waals surface area contributed by atoms with Gasteiger partial charge in [-0.05, 0) is 36.8 Å². The number of hydrogen-bond acceptors (Lipinski definition) is 3. The third kappa shape index (κ3) is 4.13. The Labute approximate surface area is 121 Å². The van der Waals surface area contributed by atoms with Gasteiger partial charge in [-0.1, -0.05) is 34.1 Å². The van der Waals surface area contributed by atoms with Gasteiger partial charge in [-0.3, -0.25) is 4.98 Å². The number of halogens is 1. The van der Waals surface area contributed by atoms with Crippen molar-refractivity contribution in [2.24, 2.45) is 0 Å². The van der Waals surface area contributed by atoms with Crippen LogP contribution in [-0.2, 0) is 6.54 Å². The molecule has 0 fully saturated rings. The Balaban J connectivity index is 1.92. The molecule has 1 heterocycles. The second-order valence-corrected chi connectivity index (χ2v) is 5.40. The van der Waals surface area contributed by atoms with Gasteiger partial charge in [-0.2, -0.15) is 0 Å². The van der Waals surface area contributed by atoms with Crippen LogP contribution in [0.3, 0.4) is 0 Å². The van der Waals surface area contributed by atoms with Crippen LogP contribution >= 0.6 is 15.9 Å². The van der Waals surface area contributed by atoms with Crippen molar-refractivity contribution >= 4 is 15.9 Å². The molecule has 1 aromatic heterocycles. The van der Waals surface area contributed by atoms with E-state index in [0.29, 0.717) is 6.54 Å². The fraction of sp³-hybridized carbons (Fsp3) is 0.267. The summed E-state index contributed by atoms with van der Waals surface area (Å²) in [6.07, 6.45) is 1.24. The number of benzene rings is 1. The Hall–Kier alpha value is -1.23. The van der Waals surface area contributed by atoms with E-state index < -0.39 is 6.10 Å². The van der Waals surface area contributed by atoms with Crippen molar-refractivity contribution in [2.45, 2.75) is 25.6 Å². The van der Waals surface area contributed by atoms with Crippen LogP contribution in [0.1, 0.15) is 24.3 Å². The molecule has 0 amide bonds. The molecule has 2 N–H and O–H groups in total. The minimum Gasteiger partial charge on any atom is -0.387 e. The quantitative estimate of drug-likeness (QED) is 0.890. The summed E-state index contributed by atoms with van der Waals surface area (Å²) >= 11 is 3.39. The number of aliphatic hydroxyl groups is 1. The van der Waals surface area contributed by atoms with Crippen molar-refractivity contribution in [3.63, 3.8) is 0 Å². The highest BCUT2D eigenvalue weighted by atomic mass is 79.9. The summed E-state index contributed by atoms with van der Waals surface area (Å²) in [5.74, 6) is 0. The van der Waals surface area contributed by atoms with Crippen molar-refractivity contribution < 1.29 is 5.11 Å². The summed E-state index contributed by atoms with van der Waals surface area (Å²) in [5, 5.41) is 13.5. The third-order valence-electron chi connectivity index (χ3n) is 3.02. The predicted octanol–water partition coefficient (Wildman–Crippen LogP) is 3.06. The van der Waals surface area contributed by atoms with Crippen molar-refractivity contribution in [2.75, 3.05) is 0 Å². The fourth-order valence-corrected chi connectivity index (χ4v) is 2.09. The Kier molecular flexibility index (Phi) is 5.07. The molecule has 3 nitrogen and oxygen atoms in total. The number of nitrogens with one attached hydrogen (secondary N) is 1. The molecule has 0 radical (unpaired) electrons. The van der Waals surface area contributed by atoms with Gasteiger partial charge in [0.15, 0.2) is 0 Å². The molecule has 1 aromatic carbocycles. The number of pyridine rings is 1. The minimum atomic E-state index is -0.531. The largest absolute Gasteiger partial charge is 0.387 e. The molecule has 100 valence electrons. The zero-order valence-corrected chi connectivity index (χ0v) is 12.3. The molecule has 0 saturated carbocycles. The van der Waals surface area contributed by atoms with Gasteiger partial charge in [-0.15, -0.1) is 0 Å². The van der Waals surface area contributed by atoms with Crippen molar-refractivity contribution in [1.82, 2.24) is 10.3 Å². The summed E-state index contributed by atoms with van der Waals surface area (Å²) in [5.41, 5.74) is 1.88. The molecule has 0 spiro atoms. The van der Waals surface area contributed by atoms with Gasteiger partial charge in [0.1, 0.15) is 0 Å². The zero-order chi connectivity index (χ0) is 13.7. The van der Waals surface area contributed by atoms with Crippen LogP contribution in [0.2, 0.25) is 0 Å². The summed E-state index contributed by atoms with van der Waals surface area (Å²) in [6, 6.07) is 13.5. The molecule has 0 bridgehead atoms. The first-order valence-electron chi connectivity index (χ1n) is 6.23. The Bertz CT molecular complexity index is 501. The maximum absolute atomic E-state index is 10.3. The number of nitrogens with zero attached hydrogens (tertiary/aromatic N) is 1. The molecule has 4 heteroatoms. The molecule has 0 saturated heterocycles. The fourth-order valence-electron chi connectivity index (χ4n) is 1.83. The lowest BCUT2D eigenvalue weighted by molar-refractivity contribution is 0.135. The van der Waals surface area contributed by atoms with Gasteiger partial charge in [-0.25, -0.2) is 0 Å². The highest BCUT2D eigenvalue weighted by Crippen LogP contribution is 2.19. The molecule has 2 unspecified atom stereocenters. The Morgan fingerprint density at radius 2 is 1.95 bits per heavy atom. The molecule has 2 rings (SSSR count). The Morgan fingerprint density at radius 3 is 2.58 bits per heavy atom. The molecular weight excluding hydrogens is 304 g/mol. The number of aliphatic hydroxyl groups excluding tert-OH is 1. The maximum Gasteiger partial charge on any atom is 0.0940 e. The van der Waals surface area contributed by atoms with E-state index in [0.717, 1.165) is 15.7 Å². The maximum atomic E-state index is 10.3.